The van der Waals surface area contributed by atoms with Gasteiger partial charge in [-0.15, -0.1) is 0 Å². The minimum atomic E-state index is -1.98. The topological polar surface area (TPSA) is 307 Å². The van der Waals surface area contributed by atoms with Gasteiger partial charge in [-0.2, -0.15) is 0 Å². The number of aliphatic hydroxyl groups excluding tert-OH is 11. The van der Waals surface area contributed by atoms with E-state index in [2.05, 4.69) is 55.6 Å². The molecule has 3 heterocycles. The van der Waals surface area contributed by atoms with Crippen LogP contribution >= 0.6 is 0 Å². The maximum atomic E-state index is 13.4. The molecule has 0 aromatic carbocycles. The van der Waals surface area contributed by atoms with Gasteiger partial charge in [0.2, 0.25) is 5.91 Å². The smallest absolute Gasteiger partial charge is 0.220 e. The molecule has 0 saturated carbocycles. The van der Waals surface area contributed by atoms with Crippen LogP contribution in [0.5, 0.6) is 0 Å². The Kier molecular flexibility index (Phi) is 53.4. The van der Waals surface area contributed by atoms with Gasteiger partial charge in [-0.3, -0.25) is 4.79 Å². The van der Waals surface area contributed by atoms with E-state index in [-0.39, 0.29) is 18.9 Å². The molecule has 19 nitrogen and oxygen atoms in total. The van der Waals surface area contributed by atoms with Gasteiger partial charge in [0.15, 0.2) is 18.9 Å². The summed E-state index contributed by atoms with van der Waals surface area (Å²) in [4.78, 5) is 13.4. The minimum Gasteiger partial charge on any atom is -0.394 e. The molecule has 19 heteroatoms. The lowest BCUT2D eigenvalue weighted by atomic mass is 9.96. The lowest BCUT2D eigenvalue weighted by Gasteiger charge is -2.48. The van der Waals surface area contributed by atoms with Crippen molar-refractivity contribution in [2.24, 2.45) is 0 Å². The zero-order valence-electron chi connectivity index (χ0n) is 59.9. The van der Waals surface area contributed by atoms with Crippen molar-refractivity contribution >= 4 is 5.91 Å². The third-order valence-corrected chi connectivity index (χ3v) is 19.3. The van der Waals surface area contributed by atoms with E-state index in [0.29, 0.717) is 12.8 Å². The third kappa shape index (κ3) is 38.7. The molecule has 17 unspecified atom stereocenters. The van der Waals surface area contributed by atoms with E-state index < -0.39 is 124 Å². The molecule has 562 valence electrons. The highest BCUT2D eigenvalue weighted by Crippen LogP contribution is 2.33. The maximum absolute atomic E-state index is 13.4. The van der Waals surface area contributed by atoms with E-state index in [9.17, 15) is 61.0 Å². The van der Waals surface area contributed by atoms with Crippen molar-refractivity contribution in [2.75, 3.05) is 26.4 Å². The SMILES string of the molecule is CCCCCC/C=C/CC/C=C/CC/C=C/C(O)C(COC1OC(CO)C(OC2OC(CO)C(OC3OC(CO)C(O)C(O)C3O)C(O)C2O)C(O)C1O)NC(=O)CCCCCCCCCCCCCCCCCCCCCCCCCCC/C=C\CCCCCCCCCC. The van der Waals surface area contributed by atoms with E-state index in [1.54, 1.807) is 6.08 Å². The highest BCUT2D eigenvalue weighted by molar-refractivity contribution is 5.76. The van der Waals surface area contributed by atoms with Crippen LogP contribution in [0.1, 0.15) is 303 Å². The van der Waals surface area contributed by atoms with Crippen molar-refractivity contribution in [3.8, 4) is 0 Å². The molecule has 12 N–H and O–H groups in total. The van der Waals surface area contributed by atoms with Crippen molar-refractivity contribution in [3.05, 3.63) is 48.6 Å². The van der Waals surface area contributed by atoms with Gasteiger partial charge in [-0.1, -0.05) is 274 Å². The lowest BCUT2D eigenvalue weighted by molar-refractivity contribution is -0.379. The fourth-order valence-corrected chi connectivity index (χ4v) is 13.0. The quantitative estimate of drug-likeness (QED) is 0.0199. The van der Waals surface area contributed by atoms with Crippen LogP contribution in [0.15, 0.2) is 48.6 Å². The number of carbonyl (C=O) groups is 1. The highest BCUT2D eigenvalue weighted by atomic mass is 16.8. The zero-order chi connectivity index (χ0) is 69.6. The van der Waals surface area contributed by atoms with Crippen LogP contribution in [-0.4, -0.2) is 193 Å². The number of amides is 1. The normalized spacial score (nSPS) is 27.3. The van der Waals surface area contributed by atoms with Crippen LogP contribution in [0.25, 0.3) is 0 Å². The standard InChI is InChI=1S/C77H141NO18/c1-3-5-7-9-11-13-15-17-19-20-21-22-23-24-25-26-27-28-29-30-31-32-33-34-35-36-37-38-39-40-41-43-45-47-49-51-53-55-65(83)78-60(61(82)54-52-50-48-46-44-42-18-16-14-12-10-8-6-4-2)59-91-75-71(89)68(86)73(63(57-80)93-75)96-77-72(90)69(87)74(64(58-81)94-77)95-76-70(88)67(85)66(84)62(56-79)92-76/h14,16,20-21,44,46,52,54,60-64,66-77,79-82,84-90H,3-13,15,17-19,22-43,45,47-51,53,55-59H2,1-2H3,(H,78,83)/b16-14+,21-20-,46-44+,54-52+. The van der Waals surface area contributed by atoms with E-state index in [4.69, 9.17) is 28.4 Å². The van der Waals surface area contributed by atoms with Gasteiger partial charge in [-0.05, 0) is 70.6 Å². The molecule has 3 aliphatic rings. The third-order valence-electron chi connectivity index (χ3n) is 19.3. The molecule has 3 fully saturated rings. The predicted octanol–water partition coefficient (Wildman–Crippen LogP) is 12.1. The first-order valence-corrected chi connectivity index (χ1v) is 38.9. The van der Waals surface area contributed by atoms with Crippen LogP contribution in [0.3, 0.4) is 0 Å². The molecule has 0 radical (unpaired) electrons. The van der Waals surface area contributed by atoms with E-state index in [0.717, 1.165) is 44.9 Å². The summed E-state index contributed by atoms with van der Waals surface area (Å²) in [5.74, 6) is -0.286. The van der Waals surface area contributed by atoms with Crippen LogP contribution in [0.4, 0.5) is 0 Å². The molecule has 17 atom stereocenters. The predicted molar refractivity (Wildman–Crippen MR) is 379 cm³/mol. The summed E-state index contributed by atoms with van der Waals surface area (Å²) in [5.41, 5.74) is 0. The second-order valence-corrected chi connectivity index (χ2v) is 27.8. The van der Waals surface area contributed by atoms with Crippen LogP contribution in [0.2, 0.25) is 0 Å². The summed E-state index contributed by atoms with van der Waals surface area (Å²) in [6, 6.07) is -0.995. The summed E-state index contributed by atoms with van der Waals surface area (Å²) < 4.78 is 34.3. The number of rotatable bonds is 61. The Morgan fingerprint density at radius 3 is 1.05 bits per heavy atom. The van der Waals surface area contributed by atoms with Gasteiger partial charge >= 0.3 is 0 Å². The Morgan fingerprint density at radius 1 is 0.365 bits per heavy atom. The molecule has 3 saturated heterocycles. The molecule has 3 aliphatic heterocycles. The fourth-order valence-electron chi connectivity index (χ4n) is 13.0. The molecule has 0 aromatic rings. The summed E-state index contributed by atoms with van der Waals surface area (Å²) in [6.45, 7) is 1.70. The van der Waals surface area contributed by atoms with E-state index in [1.165, 1.54) is 225 Å². The lowest BCUT2D eigenvalue weighted by Crippen LogP contribution is -2.66. The van der Waals surface area contributed by atoms with Gasteiger partial charge in [-0.25, -0.2) is 0 Å². The molecule has 96 heavy (non-hydrogen) atoms. The average molecular weight is 1370 g/mol. The maximum Gasteiger partial charge on any atom is 0.220 e. The Labute approximate surface area is 580 Å². The van der Waals surface area contributed by atoms with E-state index in [1.807, 2.05) is 6.08 Å². The molecule has 0 spiro atoms. The van der Waals surface area contributed by atoms with Gasteiger partial charge < -0.3 is 89.9 Å². The molecule has 3 rings (SSSR count). The Balaban J connectivity index is 1.31. The van der Waals surface area contributed by atoms with Crippen molar-refractivity contribution < 1.29 is 89.4 Å². The van der Waals surface area contributed by atoms with Crippen molar-refractivity contribution in [1.82, 2.24) is 5.32 Å². The molecule has 0 aliphatic carbocycles. The number of allylic oxidation sites excluding steroid dienone is 7. The number of ether oxygens (including phenoxy) is 6. The summed E-state index contributed by atoms with van der Waals surface area (Å²) in [6.07, 6.45) is 45.7. The number of unbranched alkanes of at least 4 members (excludes halogenated alkanes) is 39. The Bertz CT molecular complexity index is 1930. The van der Waals surface area contributed by atoms with Gasteiger partial charge in [0.1, 0.15) is 73.2 Å². The number of hydrogen-bond acceptors (Lipinski definition) is 18. The van der Waals surface area contributed by atoms with Gasteiger partial charge in [0.05, 0.1) is 38.6 Å². The first-order chi connectivity index (χ1) is 46.8. The summed E-state index contributed by atoms with van der Waals surface area (Å²) in [5, 5.41) is 120. The average Bonchev–Trinajstić information content (AvgIpc) is 0.787. The first kappa shape index (κ1) is 88.0. The monoisotopic (exact) mass is 1370 g/mol. The van der Waals surface area contributed by atoms with Crippen molar-refractivity contribution in [3.63, 3.8) is 0 Å². The minimum absolute atomic E-state index is 0.235. The van der Waals surface area contributed by atoms with Crippen LogP contribution in [0, 0.1) is 0 Å². The molecule has 1 amide bonds. The summed E-state index contributed by atoms with van der Waals surface area (Å²) in [7, 11) is 0. The van der Waals surface area contributed by atoms with Gasteiger partial charge in [0.25, 0.3) is 0 Å². The second kappa shape index (κ2) is 58.3. The zero-order valence-corrected chi connectivity index (χ0v) is 59.9. The number of aliphatic hydroxyl groups is 11. The number of carbonyl (C=O) groups excluding carboxylic acids is 1. The van der Waals surface area contributed by atoms with E-state index >= 15 is 0 Å². The van der Waals surface area contributed by atoms with Crippen LogP contribution in [-0.2, 0) is 33.2 Å². The Morgan fingerprint density at radius 2 is 0.667 bits per heavy atom. The fraction of sp³-hybridized carbons (Fsp3) is 0.883. The summed E-state index contributed by atoms with van der Waals surface area (Å²) >= 11 is 0. The molecular weight excluding hydrogens is 1230 g/mol. The van der Waals surface area contributed by atoms with Gasteiger partial charge in [0, 0.05) is 6.42 Å². The largest absolute Gasteiger partial charge is 0.394 e. The molecule has 0 bridgehead atoms. The highest BCUT2D eigenvalue weighted by Gasteiger charge is 2.53. The number of nitrogens with one attached hydrogen (secondary N) is 1. The van der Waals surface area contributed by atoms with Crippen molar-refractivity contribution in [2.45, 2.75) is 407 Å². The Hall–Kier alpha value is -2.25. The number of hydrogen-bond donors (Lipinski definition) is 12. The molecular formula is C77H141NO18. The second-order valence-electron chi connectivity index (χ2n) is 27.8. The van der Waals surface area contributed by atoms with Crippen LogP contribution < -0.4 is 5.32 Å². The molecule has 0 aromatic heterocycles. The van der Waals surface area contributed by atoms with Crippen molar-refractivity contribution in [1.29, 1.82) is 0 Å². The first-order valence-electron chi connectivity index (χ1n) is 38.9.